The van der Waals surface area contributed by atoms with Crippen LogP contribution in [0.2, 0.25) is 0 Å². The van der Waals surface area contributed by atoms with Crippen LogP contribution in [-0.4, -0.2) is 6.54 Å². The van der Waals surface area contributed by atoms with Crippen molar-refractivity contribution in [3.8, 4) is 0 Å². The van der Waals surface area contributed by atoms with E-state index in [4.69, 9.17) is 5.73 Å². The molecule has 92 valence electrons. The van der Waals surface area contributed by atoms with E-state index in [2.05, 4.69) is 58.9 Å². The number of rotatable bonds is 2. The zero-order valence-electron chi connectivity index (χ0n) is 11.5. The molecule has 0 saturated carbocycles. The van der Waals surface area contributed by atoms with Crippen LogP contribution >= 0.6 is 0 Å². The van der Waals surface area contributed by atoms with Crippen LogP contribution in [0.25, 0.3) is 0 Å². The first-order valence-electron chi connectivity index (χ1n) is 6.25. The quantitative estimate of drug-likeness (QED) is 0.805. The lowest BCUT2D eigenvalue weighted by molar-refractivity contribution is 0.590. The molecule has 0 spiro atoms. The minimum atomic E-state index is 0.251. The topological polar surface area (TPSA) is 26.0 Å². The molecule has 1 aromatic rings. The van der Waals surface area contributed by atoms with Crippen LogP contribution in [0.15, 0.2) is 24.3 Å². The first kappa shape index (κ1) is 15.2. The maximum absolute atomic E-state index is 5.48. The lowest BCUT2D eigenvalue weighted by Gasteiger charge is -2.19. The molecule has 0 heterocycles. The normalized spacial score (nSPS) is 10.6. The maximum Gasteiger partial charge on any atom is -0.00367 e. The lowest BCUT2D eigenvalue weighted by Crippen LogP contribution is -2.11. The third-order valence-corrected chi connectivity index (χ3v) is 2.25. The summed E-state index contributed by atoms with van der Waals surface area (Å²) in [5.74, 6) is 0. The van der Waals surface area contributed by atoms with Crippen molar-refractivity contribution in [2.24, 2.45) is 5.73 Å². The van der Waals surface area contributed by atoms with E-state index in [1.54, 1.807) is 0 Å². The van der Waals surface area contributed by atoms with E-state index in [1.165, 1.54) is 17.5 Å². The van der Waals surface area contributed by atoms with Gasteiger partial charge in [-0.1, -0.05) is 65.3 Å². The summed E-state index contributed by atoms with van der Waals surface area (Å²) in [6.07, 6.45) is 2.23. The van der Waals surface area contributed by atoms with Gasteiger partial charge in [-0.25, -0.2) is 0 Å². The highest BCUT2D eigenvalue weighted by Gasteiger charge is 2.12. The van der Waals surface area contributed by atoms with Crippen molar-refractivity contribution >= 4 is 0 Å². The number of benzene rings is 1. The van der Waals surface area contributed by atoms with Crippen LogP contribution in [-0.2, 0) is 11.8 Å². The Morgan fingerprint density at radius 2 is 1.44 bits per heavy atom. The summed E-state index contributed by atoms with van der Waals surface area (Å²) < 4.78 is 0. The molecule has 0 atom stereocenters. The molecule has 1 rings (SSSR count). The average Bonchev–Trinajstić information content (AvgIpc) is 2.19. The first-order chi connectivity index (χ1) is 7.45. The van der Waals surface area contributed by atoms with Gasteiger partial charge in [-0.15, -0.1) is 0 Å². The van der Waals surface area contributed by atoms with E-state index < -0.39 is 0 Å². The predicted molar refractivity (Wildman–Crippen MR) is 73.9 cm³/mol. The molecule has 0 radical (unpaired) electrons. The van der Waals surface area contributed by atoms with Crippen LogP contribution in [0.5, 0.6) is 0 Å². The molecule has 0 saturated heterocycles. The molecule has 0 fully saturated rings. The van der Waals surface area contributed by atoms with Crippen molar-refractivity contribution in [1.82, 2.24) is 0 Å². The second-order valence-corrected chi connectivity index (χ2v) is 5.19. The minimum absolute atomic E-state index is 0.251. The SMILES string of the molecule is CC(C)(C)c1ccc(CCN)cc1.CCC. The van der Waals surface area contributed by atoms with Crippen molar-refractivity contribution in [1.29, 1.82) is 0 Å². The molecular formula is C15H27N. The van der Waals surface area contributed by atoms with Gasteiger partial charge in [0.1, 0.15) is 0 Å². The van der Waals surface area contributed by atoms with Gasteiger partial charge in [0, 0.05) is 0 Å². The summed E-state index contributed by atoms with van der Waals surface area (Å²) in [6.45, 7) is 11.7. The molecule has 1 nitrogen and oxygen atoms in total. The van der Waals surface area contributed by atoms with Gasteiger partial charge in [-0.05, 0) is 29.5 Å². The monoisotopic (exact) mass is 221 g/mol. The molecule has 0 aliphatic heterocycles. The Labute approximate surface area is 101 Å². The molecular weight excluding hydrogens is 194 g/mol. The van der Waals surface area contributed by atoms with E-state index in [1.807, 2.05) is 0 Å². The zero-order valence-corrected chi connectivity index (χ0v) is 11.5. The van der Waals surface area contributed by atoms with Gasteiger partial charge < -0.3 is 5.73 Å². The Morgan fingerprint density at radius 1 is 1.00 bits per heavy atom. The molecule has 0 aliphatic rings. The Hall–Kier alpha value is -0.820. The Bertz CT molecular complexity index is 266. The van der Waals surface area contributed by atoms with E-state index in [0.29, 0.717) is 0 Å². The summed E-state index contributed by atoms with van der Waals surface area (Å²) in [5.41, 5.74) is 8.45. The van der Waals surface area contributed by atoms with Gasteiger partial charge in [-0.2, -0.15) is 0 Å². The molecule has 0 bridgehead atoms. The summed E-state index contributed by atoms with van der Waals surface area (Å²) in [6, 6.07) is 8.75. The van der Waals surface area contributed by atoms with Gasteiger partial charge >= 0.3 is 0 Å². The van der Waals surface area contributed by atoms with Crippen LogP contribution < -0.4 is 5.73 Å². The van der Waals surface area contributed by atoms with Crippen molar-refractivity contribution < 1.29 is 0 Å². The molecule has 1 aromatic carbocycles. The Kier molecular flexibility index (Phi) is 7.07. The van der Waals surface area contributed by atoms with Gasteiger partial charge in [0.05, 0.1) is 0 Å². The molecule has 0 aromatic heterocycles. The van der Waals surface area contributed by atoms with Gasteiger partial charge in [0.2, 0.25) is 0 Å². The molecule has 0 aliphatic carbocycles. The smallest absolute Gasteiger partial charge is 0.00367 e. The van der Waals surface area contributed by atoms with Gasteiger partial charge in [0.25, 0.3) is 0 Å². The zero-order chi connectivity index (χ0) is 12.6. The van der Waals surface area contributed by atoms with Crippen LogP contribution in [0, 0.1) is 0 Å². The fourth-order valence-electron chi connectivity index (χ4n) is 1.34. The van der Waals surface area contributed by atoms with Crippen LogP contribution in [0.3, 0.4) is 0 Å². The Morgan fingerprint density at radius 3 is 1.75 bits per heavy atom. The minimum Gasteiger partial charge on any atom is -0.330 e. The average molecular weight is 221 g/mol. The van der Waals surface area contributed by atoms with Crippen molar-refractivity contribution in [2.75, 3.05) is 6.54 Å². The van der Waals surface area contributed by atoms with Crippen LogP contribution in [0.4, 0.5) is 0 Å². The van der Waals surface area contributed by atoms with Crippen LogP contribution in [0.1, 0.15) is 52.2 Å². The molecule has 1 heteroatoms. The highest BCUT2D eigenvalue weighted by Crippen LogP contribution is 2.22. The van der Waals surface area contributed by atoms with Gasteiger partial charge in [-0.3, -0.25) is 0 Å². The van der Waals surface area contributed by atoms with E-state index >= 15 is 0 Å². The second-order valence-electron chi connectivity index (χ2n) is 5.19. The number of hydrogen-bond donors (Lipinski definition) is 1. The second kappa shape index (κ2) is 7.45. The van der Waals surface area contributed by atoms with Crippen molar-refractivity contribution in [3.63, 3.8) is 0 Å². The van der Waals surface area contributed by atoms with Crippen molar-refractivity contribution in [3.05, 3.63) is 35.4 Å². The summed E-state index contributed by atoms with van der Waals surface area (Å²) in [4.78, 5) is 0. The summed E-state index contributed by atoms with van der Waals surface area (Å²) in [5, 5.41) is 0. The van der Waals surface area contributed by atoms with E-state index in [-0.39, 0.29) is 5.41 Å². The fraction of sp³-hybridized carbons (Fsp3) is 0.600. The lowest BCUT2D eigenvalue weighted by atomic mass is 9.86. The number of hydrogen-bond acceptors (Lipinski definition) is 1. The van der Waals surface area contributed by atoms with Gasteiger partial charge in [0.15, 0.2) is 0 Å². The first-order valence-corrected chi connectivity index (χ1v) is 6.25. The third kappa shape index (κ3) is 5.92. The largest absolute Gasteiger partial charge is 0.330 e. The summed E-state index contributed by atoms with van der Waals surface area (Å²) >= 11 is 0. The highest BCUT2D eigenvalue weighted by molar-refractivity contribution is 5.27. The maximum atomic E-state index is 5.48. The highest BCUT2D eigenvalue weighted by atomic mass is 14.5. The molecule has 16 heavy (non-hydrogen) atoms. The molecule has 0 amide bonds. The third-order valence-electron chi connectivity index (χ3n) is 2.25. The summed E-state index contributed by atoms with van der Waals surface area (Å²) in [7, 11) is 0. The van der Waals surface area contributed by atoms with Crippen molar-refractivity contribution in [2.45, 2.75) is 52.9 Å². The predicted octanol–water partition coefficient (Wildman–Crippen LogP) is 3.90. The van der Waals surface area contributed by atoms with E-state index in [9.17, 15) is 0 Å². The Balaban J connectivity index is 0.000000673. The number of nitrogens with two attached hydrogens (primary N) is 1. The molecule has 0 unspecified atom stereocenters. The van der Waals surface area contributed by atoms with E-state index in [0.717, 1.165) is 13.0 Å². The molecule has 2 N–H and O–H groups in total. The fourth-order valence-corrected chi connectivity index (χ4v) is 1.34. The standard InChI is InChI=1S/C12H19N.C3H8/c1-12(2,3)11-6-4-10(5-7-11)8-9-13;1-3-2/h4-7H,8-9,13H2,1-3H3;3H2,1-2H3.